The third kappa shape index (κ3) is 13.6. The Hall–Kier alpha value is -4.68. The maximum atomic E-state index is 3.83. The SMILES string of the molecule is C.C=C(C)c1ccccc1.CC.CC/C=C(/C=C(\C)c1ccc(-c2ccc(C)cc2)cc1)c1cccc(-c2ccc(C)cc2)c1.CCC. The fourth-order valence-electron chi connectivity index (χ4n) is 4.82. The Bertz CT molecular complexity index is 1660. The van der Waals surface area contributed by atoms with E-state index in [0.717, 1.165) is 12.0 Å². The van der Waals surface area contributed by atoms with Crippen molar-refractivity contribution in [2.45, 2.75) is 82.6 Å². The molecule has 0 fully saturated rings. The van der Waals surface area contributed by atoms with Gasteiger partial charge in [0.15, 0.2) is 0 Å². The van der Waals surface area contributed by atoms with Crippen molar-refractivity contribution in [3.05, 3.63) is 174 Å². The van der Waals surface area contributed by atoms with E-state index in [1.807, 2.05) is 39.0 Å². The Morgan fingerprint density at radius 3 is 1.42 bits per heavy atom. The molecule has 0 aromatic heterocycles. The van der Waals surface area contributed by atoms with Crippen molar-refractivity contribution in [1.82, 2.24) is 0 Å². The van der Waals surface area contributed by atoms with E-state index in [9.17, 15) is 0 Å². The number of aryl methyl sites for hydroxylation is 2. The molecule has 0 saturated carbocycles. The molecule has 0 amide bonds. The molecule has 0 spiro atoms. The van der Waals surface area contributed by atoms with Gasteiger partial charge in [0.1, 0.15) is 0 Å². The Morgan fingerprint density at radius 1 is 0.542 bits per heavy atom. The molecule has 0 radical (unpaired) electrons. The van der Waals surface area contributed by atoms with Crippen molar-refractivity contribution in [1.29, 1.82) is 0 Å². The van der Waals surface area contributed by atoms with Gasteiger partial charge in [-0.2, -0.15) is 0 Å². The maximum Gasteiger partial charge on any atom is -0.0178 e. The van der Waals surface area contributed by atoms with Crippen molar-refractivity contribution in [3.8, 4) is 22.3 Å². The van der Waals surface area contributed by atoms with E-state index in [4.69, 9.17) is 0 Å². The standard InChI is InChI=1S/C33H32.C9H10.C3H8.C2H6.CH4/c1-5-7-31(33-9-6-8-32(23-33)30-16-12-25(3)13-17-30)22-26(4)27-18-20-29(21-19-27)28-14-10-24(2)11-15-28;1-8(2)9-6-4-3-5-7-9;1-3-2;1-2;/h6-23H,5H2,1-4H3;3-7H,1H2,2H3;3H2,1-2H3;1-2H3;1H4/b26-22+,31-7-;;;;. The van der Waals surface area contributed by atoms with E-state index in [1.165, 1.54) is 67.6 Å². The van der Waals surface area contributed by atoms with Gasteiger partial charge in [-0.1, -0.05) is 205 Å². The van der Waals surface area contributed by atoms with Gasteiger partial charge in [-0.15, -0.1) is 0 Å². The molecular weight excluding hydrogens is 577 g/mol. The van der Waals surface area contributed by atoms with Crippen LogP contribution in [0.2, 0.25) is 0 Å². The van der Waals surface area contributed by atoms with Crippen molar-refractivity contribution in [3.63, 3.8) is 0 Å². The van der Waals surface area contributed by atoms with Crippen LogP contribution in [0.1, 0.15) is 96.6 Å². The highest BCUT2D eigenvalue weighted by Gasteiger charge is 2.05. The quantitative estimate of drug-likeness (QED) is 0.156. The van der Waals surface area contributed by atoms with Crippen LogP contribution in [-0.4, -0.2) is 0 Å². The van der Waals surface area contributed by atoms with E-state index < -0.39 is 0 Å². The lowest BCUT2D eigenvalue weighted by Gasteiger charge is -2.10. The van der Waals surface area contributed by atoms with Crippen molar-refractivity contribution >= 4 is 16.7 Å². The normalized spacial score (nSPS) is 10.5. The molecule has 0 saturated heterocycles. The minimum atomic E-state index is 0. The number of hydrogen-bond donors (Lipinski definition) is 0. The molecule has 0 aliphatic carbocycles. The van der Waals surface area contributed by atoms with Crippen molar-refractivity contribution in [2.75, 3.05) is 0 Å². The van der Waals surface area contributed by atoms with Gasteiger partial charge in [0.25, 0.3) is 0 Å². The van der Waals surface area contributed by atoms with Crippen LogP contribution in [0.15, 0.2) is 146 Å². The largest absolute Gasteiger partial charge is 0.0955 e. The molecule has 5 rings (SSSR count). The van der Waals surface area contributed by atoms with Crippen LogP contribution < -0.4 is 0 Å². The highest BCUT2D eigenvalue weighted by molar-refractivity contribution is 5.85. The monoisotopic (exact) mass is 636 g/mol. The first kappa shape index (κ1) is 41.3. The molecule has 252 valence electrons. The van der Waals surface area contributed by atoms with Gasteiger partial charge < -0.3 is 0 Å². The van der Waals surface area contributed by atoms with Gasteiger partial charge in [0.2, 0.25) is 0 Å². The van der Waals surface area contributed by atoms with Crippen molar-refractivity contribution < 1.29 is 0 Å². The van der Waals surface area contributed by atoms with Gasteiger partial charge in [0, 0.05) is 0 Å². The van der Waals surface area contributed by atoms with E-state index in [1.54, 1.807) is 0 Å². The molecule has 0 aliphatic heterocycles. The fraction of sp³-hybridized carbons (Fsp3) is 0.250. The average molecular weight is 637 g/mol. The zero-order valence-electron chi connectivity index (χ0n) is 30.4. The molecule has 0 heterocycles. The summed E-state index contributed by atoms with van der Waals surface area (Å²) in [6.45, 7) is 22.7. The fourth-order valence-corrected chi connectivity index (χ4v) is 4.82. The summed E-state index contributed by atoms with van der Waals surface area (Å²) >= 11 is 0. The van der Waals surface area contributed by atoms with Crippen LogP contribution in [0.5, 0.6) is 0 Å². The maximum absolute atomic E-state index is 3.83. The molecule has 5 aromatic rings. The van der Waals surface area contributed by atoms with Crippen LogP contribution in [0, 0.1) is 13.8 Å². The zero-order valence-corrected chi connectivity index (χ0v) is 30.4. The summed E-state index contributed by atoms with van der Waals surface area (Å²) in [7, 11) is 0. The van der Waals surface area contributed by atoms with E-state index in [2.05, 4.69) is 169 Å². The lowest BCUT2D eigenvalue weighted by Crippen LogP contribution is -1.87. The van der Waals surface area contributed by atoms with Crippen LogP contribution in [0.4, 0.5) is 0 Å². The smallest absolute Gasteiger partial charge is 0.0178 e. The molecule has 0 aliphatic rings. The summed E-state index contributed by atoms with van der Waals surface area (Å²) in [6, 6.07) is 45.4. The van der Waals surface area contributed by atoms with Gasteiger partial charge in [-0.05, 0) is 90.3 Å². The van der Waals surface area contributed by atoms with E-state index in [-0.39, 0.29) is 7.43 Å². The Balaban J connectivity index is 0.000000647. The zero-order chi connectivity index (χ0) is 34.6. The Labute approximate surface area is 294 Å². The van der Waals surface area contributed by atoms with Crippen molar-refractivity contribution in [2.24, 2.45) is 0 Å². The molecule has 0 unspecified atom stereocenters. The summed E-state index contributed by atoms with van der Waals surface area (Å²) in [5, 5.41) is 0. The summed E-state index contributed by atoms with van der Waals surface area (Å²) in [5.74, 6) is 0. The molecule has 5 aromatic carbocycles. The first-order valence-corrected chi connectivity index (χ1v) is 17.2. The molecule has 0 N–H and O–H groups in total. The van der Waals surface area contributed by atoms with Crippen LogP contribution in [0.3, 0.4) is 0 Å². The molecule has 0 bridgehead atoms. The second-order valence-corrected chi connectivity index (χ2v) is 11.6. The summed E-state index contributed by atoms with van der Waals surface area (Å²) < 4.78 is 0. The average Bonchev–Trinajstić information content (AvgIpc) is 3.11. The lowest BCUT2D eigenvalue weighted by molar-refractivity contribution is 1.09. The Kier molecular flexibility index (Phi) is 19.6. The number of benzene rings is 5. The van der Waals surface area contributed by atoms with E-state index >= 15 is 0 Å². The third-order valence-corrected chi connectivity index (χ3v) is 7.37. The molecule has 0 nitrogen and oxygen atoms in total. The van der Waals surface area contributed by atoms with Crippen LogP contribution in [0.25, 0.3) is 39.0 Å². The number of hydrogen-bond acceptors (Lipinski definition) is 0. The van der Waals surface area contributed by atoms with Crippen LogP contribution in [-0.2, 0) is 0 Å². The molecule has 48 heavy (non-hydrogen) atoms. The number of allylic oxidation sites excluding steroid dienone is 5. The van der Waals surface area contributed by atoms with Gasteiger partial charge in [0.05, 0.1) is 0 Å². The summed E-state index contributed by atoms with van der Waals surface area (Å²) in [6.07, 6.45) is 6.89. The highest BCUT2D eigenvalue weighted by atomic mass is 14.1. The first-order valence-electron chi connectivity index (χ1n) is 17.2. The second kappa shape index (κ2) is 22.8. The molecule has 0 heteroatoms. The van der Waals surface area contributed by atoms with Gasteiger partial charge >= 0.3 is 0 Å². The summed E-state index contributed by atoms with van der Waals surface area (Å²) in [5.41, 5.74) is 15.0. The predicted octanol–water partition coefficient (Wildman–Crippen LogP) is 15.3. The molecular formula is C48H60. The molecule has 0 atom stereocenters. The first-order chi connectivity index (χ1) is 22.7. The predicted molar refractivity (Wildman–Crippen MR) is 220 cm³/mol. The lowest BCUT2D eigenvalue weighted by atomic mass is 9.95. The minimum absolute atomic E-state index is 0. The number of rotatable bonds is 7. The third-order valence-electron chi connectivity index (χ3n) is 7.37. The Morgan fingerprint density at radius 2 is 0.979 bits per heavy atom. The topological polar surface area (TPSA) is 0 Å². The van der Waals surface area contributed by atoms with Gasteiger partial charge in [-0.3, -0.25) is 0 Å². The summed E-state index contributed by atoms with van der Waals surface area (Å²) in [4.78, 5) is 0. The van der Waals surface area contributed by atoms with E-state index in [0.29, 0.717) is 0 Å². The highest BCUT2D eigenvalue weighted by Crippen LogP contribution is 2.29. The second-order valence-electron chi connectivity index (χ2n) is 11.6. The minimum Gasteiger partial charge on any atom is -0.0955 e. The van der Waals surface area contributed by atoms with Crippen LogP contribution >= 0.6 is 0 Å². The van der Waals surface area contributed by atoms with Gasteiger partial charge in [-0.25, -0.2) is 0 Å².